The number of rotatable bonds is 7. The number of hydrogen-bond acceptors (Lipinski definition) is 7. The van der Waals surface area contributed by atoms with Crippen LogP contribution in [-0.2, 0) is 11.3 Å². The maximum atomic E-state index is 12.8. The van der Waals surface area contributed by atoms with E-state index in [1.807, 2.05) is 0 Å². The predicted molar refractivity (Wildman–Crippen MR) is 121 cm³/mol. The number of fused-ring (bicyclic) bond motifs is 1. The van der Waals surface area contributed by atoms with E-state index in [2.05, 4.69) is 0 Å². The van der Waals surface area contributed by atoms with Gasteiger partial charge in [-0.15, -0.1) is 0 Å². The zero-order valence-electron chi connectivity index (χ0n) is 18.4. The lowest BCUT2D eigenvalue weighted by molar-refractivity contribution is 0.0600. The van der Waals surface area contributed by atoms with Crippen LogP contribution < -0.4 is 18.9 Å². The number of esters is 1. The minimum Gasteiger partial charge on any atom is -0.497 e. The normalized spacial score (nSPS) is 13.3. The second kappa shape index (κ2) is 9.48. The molecule has 7 nitrogen and oxygen atoms in total. The fraction of sp³-hybridized carbons (Fsp3) is 0.154. The zero-order chi connectivity index (χ0) is 23.4. The van der Waals surface area contributed by atoms with Gasteiger partial charge in [0.05, 0.1) is 32.5 Å². The fourth-order valence-corrected chi connectivity index (χ4v) is 3.37. The summed E-state index contributed by atoms with van der Waals surface area (Å²) in [7, 11) is 4.47. The average molecular weight is 446 g/mol. The van der Waals surface area contributed by atoms with E-state index in [0.29, 0.717) is 39.7 Å². The Hall–Kier alpha value is -4.26. The maximum Gasteiger partial charge on any atom is 0.337 e. The molecular formula is C26H22O7. The Morgan fingerprint density at radius 2 is 1.67 bits per heavy atom. The average Bonchev–Trinajstić information content (AvgIpc) is 3.16. The first kappa shape index (κ1) is 22.0. The summed E-state index contributed by atoms with van der Waals surface area (Å²) in [4.78, 5) is 24.3. The van der Waals surface area contributed by atoms with Crippen molar-refractivity contribution in [2.24, 2.45) is 0 Å². The molecule has 7 heteroatoms. The second-order valence-electron chi connectivity index (χ2n) is 7.18. The smallest absolute Gasteiger partial charge is 0.337 e. The molecule has 0 bridgehead atoms. The molecule has 1 heterocycles. The molecule has 0 saturated carbocycles. The molecule has 33 heavy (non-hydrogen) atoms. The summed E-state index contributed by atoms with van der Waals surface area (Å²) in [6.07, 6.45) is 1.63. The van der Waals surface area contributed by atoms with Gasteiger partial charge in [-0.05, 0) is 54.1 Å². The number of benzene rings is 3. The zero-order valence-corrected chi connectivity index (χ0v) is 18.4. The molecule has 0 radical (unpaired) electrons. The van der Waals surface area contributed by atoms with Crippen molar-refractivity contribution in [2.45, 2.75) is 6.61 Å². The number of ether oxygens (including phenoxy) is 5. The van der Waals surface area contributed by atoms with Crippen molar-refractivity contribution in [2.75, 3.05) is 21.3 Å². The summed E-state index contributed by atoms with van der Waals surface area (Å²) in [5.41, 5.74) is 2.47. The molecule has 0 saturated heterocycles. The Morgan fingerprint density at radius 1 is 0.909 bits per heavy atom. The van der Waals surface area contributed by atoms with Crippen LogP contribution in [0.2, 0.25) is 0 Å². The van der Waals surface area contributed by atoms with Gasteiger partial charge in [0.15, 0.2) is 5.76 Å². The Bertz CT molecular complexity index is 1230. The second-order valence-corrected chi connectivity index (χ2v) is 7.18. The molecule has 1 aliphatic heterocycles. The van der Waals surface area contributed by atoms with Crippen LogP contribution in [0.4, 0.5) is 0 Å². The van der Waals surface area contributed by atoms with E-state index in [9.17, 15) is 9.59 Å². The highest BCUT2D eigenvalue weighted by molar-refractivity contribution is 6.14. The summed E-state index contributed by atoms with van der Waals surface area (Å²) >= 11 is 0. The highest BCUT2D eigenvalue weighted by atomic mass is 16.5. The molecule has 0 unspecified atom stereocenters. The van der Waals surface area contributed by atoms with Gasteiger partial charge in [-0.1, -0.05) is 12.1 Å². The molecule has 168 valence electrons. The molecule has 0 N–H and O–H groups in total. The molecule has 0 aromatic heterocycles. The third-order valence-electron chi connectivity index (χ3n) is 5.15. The van der Waals surface area contributed by atoms with Crippen molar-refractivity contribution in [3.8, 4) is 23.0 Å². The van der Waals surface area contributed by atoms with Gasteiger partial charge < -0.3 is 23.7 Å². The third-order valence-corrected chi connectivity index (χ3v) is 5.15. The summed E-state index contributed by atoms with van der Waals surface area (Å²) in [6.45, 7) is 0.290. The van der Waals surface area contributed by atoms with Crippen LogP contribution in [0.5, 0.6) is 23.0 Å². The van der Waals surface area contributed by atoms with Gasteiger partial charge in [0.1, 0.15) is 29.6 Å². The molecule has 0 spiro atoms. The van der Waals surface area contributed by atoms with Gasteiger partial charge in [-0.2, -0.15) is 0 Å². The number of carbonyl (C=O) groups excluding carboxylic acids is 2. The van der Waals surface area contributed by atoms with Crippen LogP contribution in [0.3, 0.4) is 0 Å². The quantitative estimate of drug-likeness (QED) is 0.385. The maximum absolute atomic E-state index is 12.8. The van der Waals surface area contributed by atoms with Crippen LogP contribution in [0, 0.1) is 0 Å². The molecule has 0 atom stereocenters. The van der Waals surface area contributed by atoms with Crippen molar-refractivity contribution >= 4 is 17.8 Å². The van der Waals surface area contributed by atoms with Crippen LogP contribution in [-0.4, -0.2) is 33.1 Å². The van der Waals surface area contributed by atoms with Gasteiger partial charge >= 0.3 is 5.97 Å². The van der Waals surface area contributed by atoms with Gasteiger partial charge in [-0.3, -0.25) is 4.79 Å². The standard InChI is InChI=1S/C26H22O7/c1-29-19-9-11-22(30-2)18(12-19)13-24-25(27)21-10-8-20(14-23(21)33-24)32-15-16-4-6-17(7-5-16)26(28)31-3/h4-14H,15H2,1-3H3. The highest BCUT2D eigenvalue weighted by Gasteiger charge is 2.28. The summed E-state index contributed by atoms with van der Waals surface area (Å²) in [6, 6.07) is 17.3. The van der Waals surface area contributed by atoms with E-state index in [-0.39, 0.29) is 18.1 Å². The molecule has 4 rings (SSSR count). The van der Waals surface area contributed by atoms with E-state index in [0.717, 1.165) is 5.56 Å². The number of carbonyl (C=O) groups is 2. The summed E-state index contributed by atoms with van der Waals surface area (Å²) < 4.78 is 27.0. The number of methoxy groups -OCH3 is 3. The van der Waals surface area contributed by atoms with Gasteiger partial charge in [0.25, 0.3) is 0 Å². The fourth-order valence-electron chi connectivity index (χ4n) is 3.37. The van der Waals surface area contributed by atoms with E-state index in [1.54, 1.807) is 81.0 Å². The third kappa shape index (κ3) is 4.67. The van der Waals surface area contributed by atoms with Gasteiger partial charge in [-0.25, -0.2) is 4.79 Å². The SMILES string of the molecule is COC(=O)c1ccc(COc2ccc3c(c2)OC(=Cc2cc(OC)ccc2OC)C3=O)cc1. The topological polar surface area (TPSA) is 80.3 Å². The Labute approximate surface area is 191 Å². The lowest BCUT2D eigenvalue weighted by atomic mass is 10.1. The predicted octanol–water partition coefficient (Wildman–Crippen LogP) is 4.69. The molecular weight excluding hydrogens is 424 g/mol. The van der Waals surface area contributed by atoms with Gasteiger partial charge in [0.2, 0.25) is 5.78 Å². The van der Waals surface area contributed by atoms with E-state index in [1.165, 1.54) is 7.11 Å². The Morgan fingerprint density at radius 3 is 2.36 bits per heavy atom. The number of allylic oxidation sites excluding steroid dienone is 1. The highest BCUT2D eigenvalue weighted by Crippen LogP contribution is 2.36. The summed E-state index contributed by atoms with van der Waals surface area (Å²) in [5, 5.41) is 0. The molecule has 0 amide bonds. The van der Waals surface area contributed by atoms with Crippen molar-refractivity contribution in [1.29, 1.82) is 0 Å². The molecule has 3 aromatic carbocycles. The Kier molecular flexibility index (Phi) is 6.31. The van der Waals surface area contributed by atoms with E-state index in [4.69, 9.17) is 23.7 Å². The van der Waals surface area contributed by atoms with Crippen molar-refractivity contribution < 1.29 is 33.3 Å². The first-order valence-electron chi connectivity index (χ1n) is 10.1. The molecule has 3 aromatic rings. The van der Waals surface area contributed by atoms with Crippen molar-refractivity contribution in [1.82, 2.24) is 0 Å². The number of Topliss-reactive ketones (excluding diaryl/α,β-unsaturated/α-hetero) is 1. The van der Waals surface area contributed by atoms with Crippen molar-refractivity contribution in [3.63, 3.8) is 0 Å². The van der Waals surface area contributed by atoms with Gasteiger partial charge in [0, 0.05) is 11.6 Å². The minimum atomic E-state index is -0.390. The largest absolute Gasteiger partial charge is 0.497 e. The first-order chi connectivity index (χ1) is 16.0. The van der Waals surface area contributed by atoms with Crippen LogP contribution in [0.1, 0.15) is 31.8 Å². The first-order valence-corrected chi connectivity index (χ1v) is 10.1. The summed E-state index contributed by atoms with van der Waals surface area (Å²) in [5.74, 6) is 1.79. The molecule has 0 aliphatic carbocycles. The minimum absolute atomic E-state index is 0.187. The van der Waals surface area contributed by atoms with Crippen LogP contribution in [0.15, 0.2) is 66.4 Å². The lowest BCUT2D eigenvalue weighted by Gasteiger charge is -2.08. The number of hydrogen-bond donors (Lipinski definition) is 0. The van der Waals surface area contributed by atoms with E-state index >= 15 is 0 Å². The van der Waals surface area contributed by atoms with Crippen LogP contribution >= 0.6 is 0 Å². The van der Waals surface area contributed by atoms with Crippen molar-refractivity contribution in [3.05, 3.63) is 88.7 Å². The lowest BCUT2D eigenvalue weighted by Crippen LogP contribution is -2.02. The monoisotopic (exact) mass is 446 g/mol. The molecule has 0 fully saturated rings. The van der Waals surface area contributed by atoms with Crippen LogP contribution in [0.25, 0.3) is 6.08 Å². The molecule has 1 aliphatic rings. The number of ketones is 1. The van der Waals surface area contributed by atoms with E-state index < -0.39 is 5.97 Å². The Balaban J connectivity index is 1.49.